The van der Waals surface area contributed by atoms with Crippen molar-refractivity contribution in [2.75, 3.05) is 33.6 Å². The van der Waals surface area contributed by atoms with Crippen molar-refractivity contribution >= 4 is 5.97 Å². The van der Waals surface area contributed by atoms with Gasteiger partial charge in [-0.2, -0.15) is 0 Å². The lowest BCUT2D eigenvalue weighted by Gasteiger charge is -2.49. The van der Waals surface area contributed by atoms with Crippen LogP contribution in [0.4, 0.5) is 0 Å². The summed E-state index contributed by atoms with van der Waals surface area (Å²) in [5.74, 6) is 0.450. The van der Waals surface area contributed by atoms with E-state index in [0.717, 1.165) is 31.5 Å². The van der Waals surface area contributed by atoms with Gasteiger partial charge in [-0.25, -0.2) is 0 Å². The van der Waals surface area contributed by atoms with E-state index in [2.05, 4.69) is 4.90 Å². The molecule has 33 heavy (non-hydrogen) atoms. The number of carbonyl (C=O) groups is 1. The van der Waals surface area contributed by atoms with Crippen LogP contribution in [-0.2, 0) is 9.53 Å². The zero-order chi connectivity index (χ0) is 23.2. The van der Waals surface area contributed by atoms with E-state index in [9.17, 15) is 9.90 Å². The van der Waals surface area contributed by atoms with Crippen LogP contribution < -0.4 is 18.9 Å². The number of esters is 1. The molecule has 8 heteroatoms. The van der Waals surface area contributed by atoms with Crippen LogP contribution in [0.5, 0.6) is 28.7 Å². The van der Waals surface area contributed by atoms with Crippen molar-refractivity contribution in [2.24, 2.45) is 5.92 Å². The van der Waals surface area contributed by atoms with Crippen LogP contribution in [0.3, 0.4) is 0 Å². The molecule has 5 rings (SSSR count). The standard InChI is InChI=1S/C25H29NO7/c1-4-30-24(28)22-21(15-8-7-9-17(29-3)23(15)27)16-12-19-20(32-14-31-19)13-18(16)33-25(22,2)26-10-5-6-11-26/h7-9,12-13,21-22,27H,4-6,10-11,14H2,1-3H3/t21-,22-,25+/m0/s1. The van der Waals surface area contributed by atoms with Gasteiger partial charge < -0.3 is 28.8 Å². The zero-order valence-corrected chi connectivity index (χ0v) is 19.1. The Kier molecular flexibility index (Phi) is 5.48. The van der Waals surface area contributed by atoms with Gasteiger partial charge in [-0.3, -0.25) is 9.69 Å². The number of hydrogen-bond acceptors (Lipinski definition) is 8. The molecule has 1 fully saturated rings. The largest absolute Gasteiger partial charge is 0.504 e. The predicted molar refractivity (Wildman–Crippen MR) is 119 cm³/mol. The second-order valence-corrected chi connectivity index (χ2v) is 8.70. The fraction of sp³-hybridized carbons (Fsp3) is 0.480. The molecule has 0 unspecified atom stereocenters. The molecule has 0 radical (unpaired) electrons. The summed E-state index contributed by atoms with van der Waals surface area (Å²) in [7, 11) is 1.51. The number of phenols is 1. The van der Waals surface area contributed by atoms with E-state index in [0.29, 0.717) is 28.6 Å². The number of aromatic hydroxyl groups is 1. The number of ether oxygens (including phenoxy) is 5. The molecule has 1 saturated heterocycles. The molecular weight excluding hydrogens is 426 g/mol. The minimum Gasteiger partial charge on any atom is -0.504 e. The minimum absolute atomic E-state index is 0.00594. The number of benzene rings is 2. The number of methoxy groups -OCH3 is 1. The molecule has 8 nitrogen and oxygen atoms in total. The van der Waals surface area contributed by atoms with Crippen LogP contribution in [-0.4, -0.2) is 55.3 Å². The highest BCUT2D eigenvalue weighted by molar-refractivity contribution is 5.78. The summed E-state index contributed by atoms with van der Waals surface area (Å²) >= 11 is 0. The van der Waals surface area contributed by atoms with Gasteiger partial charge in [0.1, 0.15) is 11.7 Å². The maximum absolute atomic E-state index is 13.6. The lowest BCUT2D eigenvalue weighted by atomic mass is 9.72. The first-order valence-electron chi connectivity index (χ1n) is 11.4. The highest BCUT2D eigenvalue weighted by atomic mass is 16.7. The fourth-order valence-electron chi connectivity index (χ4n) is 5.36. The summed E-state index contributed by atoms with van der Waals surface area (Å²) in [6, 6.07) is 8.98. The molecule has 2 aromatic carbocycles. The van der Waals surface area contributed by atoms with Crippen LogP contribution in [0.1, 0.15) is 43.7 Å². The maximum atomic E-state index is 13.6. The Morgan fingerprint density at radius 3 is 2.58 bits per heavy atom. The van der Waals surface area contributed by atoms with Gasteiger partial charge in [0.15, 0.2) is 28.7 Å². The fourth-order valence-corrected chi connectivity index (χ4v) is 5.36. The minimum atomic E-state index is -0.983. The number of carbonyl (C=O) groups excluding carboxylic acids is 1. The summed E-state index contributed by atoms with van der Waals surface area (Å²) in [5.41, 5.74) is 0.322. The third kappa shape index (κ3) is 3.44. The summed E-state index contributed by atoms with van der Waals surface area (Å²) in [6.45, 7) is 5.72. The van der Waals surface area contributed by atoms with Crippen molar-refractivity contribution < 1.29 is 33.6 Å². The highest BCUT2D eigenvalue weighted by Gasteiger charge is 2.56. The Labute approximate surface area is 192 Å². The third-order valence-electron chi connectivity index (χ3n) is 6.93. The predicted octanol–water partition coefficient (Wildman–Crippen LogP) is 3.65. The highest BCUT2D eigenvalue weighted by Crippen LogP contribution is 2.55. The van der Waals surface area contributed by atoms with Crippen LogP contribution >= 0.6 is 0 Å². The monoisotopic (exact) mass is 455 g/mol. The molecule has 2 aromatic rings. The van der Waals surface area contributed by atoms with Gasteiger partial charge >= 0.3 is 5.97 Å². The Morgan fingerprint density at radius 1 is 1.15 bits per heavy atom. The molecule has 0 aromatic heterocycles. The van der Waals surface area contributed by atoms with Gasteiger partial charge in [-0.1, -0.05) is 12.1 Å². The van der Waals surface area contributed by atoms with Crippen LogP contribution in [0.25, 0.3) is 0 Å². The lowest BCUT2D eigenvalue weighted by Crippen LogP contribution is -2.61. The van der Waals surface area contributed by atoms with Crippen LogP contribution in [0.15, 0.2) is 30.3 Å². The van der Waals surface area contributed by atoms with Gasteiger partial charge in [-0.05, 0) is 38.8 Å². The summed E-state index contributed by atoms with van der Waals surface area (Å²) in [6.07, 6.45) is 2.05. The van der Waals surface area contributed by atoms with E-state index in [-0.39, 0.29) is 25.1 Å². The van der Waals surface area contributed by atoms with E-state index in [1.54, 1.807) is 13.0 Å². The van der Waals surface area contributed by atoms with Gasteiger partial charge in [-0.15, -0.1) is 0 Å². The number of nitrogens with zero attached hydrogens (tertiary/aromatic N) is 1. The quantitative estimate of drug-likeness (QED) is 0.684. The Morgan fingerprint density at radius 2 is 1.88 bits per heavy atom. The third-order valence-corrected chi connectivity index (χ3v) is 6.93. The average Bonchev–Trinajstić information content (AvgIpc) is 3.49. The molecule has 0 spiro atoms. The number of fused-ring (bicyclic) bond motifs is 2. The summed E-state index contributed by atoms with van der Waals surface area (Å²) < 4.78 is 28.8. The Hall–Kier alpha value is -3.13. The van der Waals surface area contributed by atoms with Crippen molar-refractivity contribution in [3.05, 3.63) is 41.5 Å². The molecule has 0 bridgehead atoms. The van der Waals surface area contributed by atoms with Crippen molar-refractivity contribution in [1.82, 2.24) is 4.90 Å². The van der Waals surface area contributed by atoms with Gasteiger partial charge in [0.05, 0.1) is 13.7 Å². The normalized spacial score (nSPS) is 25.9. The summed E-state index contributed by atoms with van der Waals surface area (Å²) in [4.78, 5) is 15.8. The molecule has 3 atom stereocenters. The maximum Gasteiger partial charge on any atom is 0.315 e. The molecule has 0 amide bonds. The zero-order valence-electron chi connectivity index (χ0n) is 19.1. The van der Waals surface area contributed by atoms with Gasteiger partial charge in [0.2, 0.25) is 6.79 Å². The Bertz CT molecular complexity index is 1060. The van der Waals surface area contributed by atoms with E-state index in [1.165, 1.54) is 7.11 Å². The van der Waals surface area contributed by atoms with Gasteiger partial charge in [0, 0.05) is 36.2 Å². The molecule has 3 aliphatic rings. The van der Waals surface area contributed by atoms with E-state index < -0.39 is 17.6 Å². The molecule has 0 saturated carbocycles. The van der Waals surface area contributed by atoms with E-state index in [1.807, 2.05) is 31.2 Å². The molecular formula is C25H29NO7. The summed E-state index contributed by atoms with van der Waals surface area (Å²) in [5, 5.41) is 11.1. The number of para-hydroxylation sites is 1. The van der Waals surface area contributed by atoms with Crippen molar-refractivity contribution in [3.63, 3.8) is 0 Å². The smallest absolute Gasteiger partial charge is 0.315 e. The van der Waals surface area contributed by atoms with E-state index >= 15 is 0 Å². The number of rotatable bonds is 5. The Balaban J connectivity index is 1.76. The van der Waals surface area contributed by atoms with Gasteiger partial charge in [0.25, 0.3) is 0 Å². The van der Waals surface area contributed by atoms with Crippen LogP contribution in [0, 0.1) is 5.92 Å². The lowest BCUT2D eigenvalue weighted by molar-refractivity contribution is -0.174. The number of hydrogen-bond donors (Lipinski definition) is 1. The number of likely N-dealkylation sites (tertiary alicyclic amines) is 1. The topological polar surface area (TPSA) is 86.7 Å². The number of phenolic OH excluding ortho intramolecular Hbond substituents is 1. The van der Waals surface area contributed by atoms with Crippen molar-refractivity contribution in [1.29, 1.82) is 0 Å². The molecule has 3 aliphatic heterocycles. The van der Waals surface area contributed by atoms with Crippen molar-refractivity contribution in [3.8, 4) is 28.7 Å². The first-order chi connectivity index (χ1) is 16.0. The molecule has 176 valence electrons. The van der Waals surface area contributed by atoms with Crippen molar-refractivity contribution in [2.45, 2.75) is 38.3 Å². The second kappa shape index (κ2) is 8.33. The molecule has 3 heterocycles. The van der Waals surface area contributed by atoms with E-state index in [4.69, 9.17) is 23.7 Å². The SMILES string of the molecule is CCOC(=O)[C@@H]1[C@@H](c2cccc(OC)c2O)c2cc3c(cc2O[C@@]1(C)N1CCCC1)OCO3. The first-order valence-corrected chi connectivity index (χ1v) is 11.4. The molecule has 1 N–H and O–H groups in total. The first kappa shape index (κ1) is 21.7. The molecule has 0 aliphatic carbocycles. The van der Waals surface area contributed by atoms with Crippen LogP contribution in [0.2, 0.25) is 0 Å². The second-order valence-electron chi connectivity index (χ2n) is 8.70. The average molecular weight is 456 g/mol.